The Morgan fingerprint density at radius 1 is 0.843 bits per heavy atom. The molecule has 0 saturated carbocycles. The van der Waals surface area contributed by atoms with Crippen molar-refractivity contribution in [1.29, 1.82) is 0 Å². The molecule has 2 aromatic heterocycles. The molecule has 3 atom stereocenters. The van der Waals surface area contributed by atoms with E-state index in [1.165, 1.54) is 7.11 Å². The van der Waals surface area contributed by atoms with Gasteiger partial charge in [-0.2, -0.15) is 0 Å². The van der Waals surface area contributed by atoms with E-state index < -0.39 is 18.1 Å². The van der Waals surface area contributed by atoms with Gasteiger partial charge in [0.15, 0.2) is 0 Å². The number of nitrogens with zero attached hydrogens (tertiary/aromatic N) is 4. The predicted molar refractivity (Wildman–Crippen MR) is 194 cm³/mol. The number of nitrogens with one attached hydrogen (secondary N) is 3. The van der Waals surface area contributed by atoms with Gasteiger partial charge in [0, 0.05) is 18.7 Å². The zero-order valence-corrected chi connectivity index (χ0v) is 29.5. The number of benzene rings is 3. The average Bonchev–Trinajstić information content (AvgIpc) is 3.95. The molecule has 4 N–H and O–H groups in total. The van der Waals surface area contributed by atoms with Crippen molar-refractivity contribution >= 4 is 22.8 Å². The number of imidazole rings is 2. The Labute approximate surface area is 297 Å². The summed E-state index contributed by atoms with van der Waals surface area (Å²) < 4.78 is 10.4. The van der Waals surface area contributed by atoms with Gasteiger partial charge in [-0.05, 0) is 86.1 Å². The van der Waals surface area contributed by atoms with E-state index in [9.17, 15) is 14.7 Å². The maximum atomic E-state index is 12.8. The van der Waals surface area contributed by atoms with Crippen molar-refractivity contribution in [2.75, 3.05) is 26.7 Å². The molecule has 5 aromatic rings. The highest BCUT2D eigenvalue weighted by molar-refractivity contribution is 5.90. The second kappa shape index (κ2) is 14.3. The van der Waals surface area contributed by atoms with Crippen molar-refractivity contribution in [1.82, 2.24) is 35.1 Å². The van der Waals surface area contributed by atoms with Crippen LogP contribution in [0.1, 0.15) is 70.2 Å². The number of rotatable bonds is 9. The summed E-state index contributed by atoms with van der Waals surface area (Å²) in [6, 6.07) is 21.1. The topological polar surface area (TPSA) is 149 Å². The third-order valence-corrected chi connectivity index (χ3v) is 9.68. The standard InChI is InChI=1S/C39H45N7O5/c1-39(2,3)51-38(49)46-18-6-8-33(46)36-40-21-30(43-36)25-11-9-24(10-12-25)26-13-14-28-20-29(16-15-27(28)19-26)31-22-41-35(44-31)32-7-5-17-45(32)34(47)23-42-37(48)50-4/h9-16,19-22,32-33,38,49H,5-8,17-18,23H2,1-4H3,(H,40,43)(H,41,44)(H,42,48)/t32-,33-,38+/m0/s1. The smallest absolute Gasteiger partial charge is 0.407 e. The number of carbonyl (C=O) groups excluding carboxylic acids is 2. The van der Waals surface area contributed by atoms with Crippen molar-refractivity contribution in [3.63, 3.8) is 0 Å². The van der Waals surface area contributed by atoms with E-state index in [2.05, 4.69) is 85.7 Å². The number of aliphatic hydroxyl groups excluding tert-OH is 1. The van der Waals surface area contributed by atoms with E-state index in [0.717, 1.165) is 88.3 Å². The van der Waals surface area contributed by atoms with Crippen LogP contribution in [-0.2, 0) is 14.3 Å². The fraction of sp³-hybridized carbons (Fsp3) is 0.385. The first-order valence-electron chi connectivity index (χ1n) is 17.5. The highest BCUT2D eigenvalue weighted by atomic mass is 16.6. The molecule has 0 spiro atoms. The van der Waals surface area contributed by atoms with Gasteiger partial charge in [0.05, 0.1) is 48.6 Å². The van der Waals surface area contributed by atoms with Crippen molar-refractivity contribution in [3.05, 3.63) is 84.7 Å². The number of alkyl carbamates (subject to hydrolysis) is 1. The molecule has 0 radical (unpaired) electrons. The van der Waals surface area contributed by atoms with Crippen LogP contribution >= 0.6 is 0 Å². The molecule has 0 unspecified atom stereocenters. The third-order valence-electron chi connectivity index (χ3n) is 9.68. The molecule has 2 amide bonds. The van der Waals surface area contributed by atoms with E-state index in [-0.39, 0.29) is 24.5 Å². The first-order valence-corrected chi connectivity index (χ1v) is 17.5. The largest absolute Gasteiger partial charge is 0.453 e. The fourth-order valence-electron chi connectivity index (χ4n) is 7.14. The van der Waals surface area contributed by atoms with Gasteiger partial charge < -0.3 is 34.8 Å². The van der Waals surface area contributed by atoms with Crippen molar-refractivity contribution in [3.8, 4) is 33.6 Å². The minimum atomic E-state index is -0.978. The van der Waals surface area contributed by atoms with Gasteiger partial charge in [-0.15, -0.1) is 0 Å². The van der Waals surface area contributed by atoms with Crippen molar-refractivity contribution in [2.45, 2.75) is 70.6 Å². The number of ether oxygens (including phenoxy) is 2. The fourth-order valence-corrected chi connectivity index (χ4v) is 7.14. The molecule has 12 nitrogen and oxygen atoms in total. The van der Waals surface area contributed by atoms with E-state index >= 15 is 0 Å². The first kappa shape index (κ1) is 34.4. The summed E-state index contributed by atoms with van der Waals surface area (Å²) in [7, 11) is 1.27. The Morgan fingerprint density at radius 2 is 1.41 bits per heavy atom. The Kier molecular flexibility index (Phi) is 9.65. The minimum Gasteiger partial charge on any atom is -0.453 e. The lowest BCUT2D eigenvalue weighted by atomic mass is 9.98. The maximum absolute atomic E-state index is 12.8. The molecular weight excluding hydrogens is 646 g/mol. The van der Waals surface area contributed by atoms with Crippen LogP contribution in [0.4, 0.5) is 4.79 Å². The number of fused-ring (bicyclic) bond motifs is 1. The van der Waals surface area contributed by atoms with Crippen LogP contribution < -0.4 is 5.32 Å². The van der Waals surface area contributed by atoms with Gasteiger partial charge in [0.25, 0.3) is 0 Å². The lowest BCUT2D eigenvalue weighted by Gasteiger charge is -2.32. The van der Waals surface area contributed by atoms with Crippen LogP contribution in [0.15, 0.2) is 73.1 Å². The second-order valence-corrected chi connectivity index (χ2v) is 14.3. The van der Waals surface area contributed by atoms with Crippen molar-refractivity contribution < 1.29 is 24.2 Å². The number of aromatic amines is 2. The average molecular weight is 692 g/mol. The molecule has 2 aliphatic rings. The molecule has 7 rings (SSSR count). The number of aliphatic hydroxyl groups is 1. The number of amides is 2. The van der Waals surface area contributed by atoms with Crippen LogP contribution in [0.25, 0.3) is 44.4 Å². The van der Waals surface area contributed by atoms with Gasteiger partial charge >= 0.3 is 6.09 Å². The summed E-state index contributed by atoms with van der Waals surface area (Å²) >= 11 is 0. The lowest BCUT2D eigenvalue weighted by Crippen LogP contribution is -2.41. The zero-order chi connectivity index (χ0) is 35.7. The number of methoxy groups -OCH3 is 1. The molecule has 3 aromatic carbocycles. The minimum absolute atomic E-state index is 0.0275. The normalized spacial score (nSPS) is 18.7. The molecule has 12 heteroatoms. The Hall–Kier alpha value is -5.04. The maximum Gasteiger partial charge on any atom is 0.407 e. The number of H-pyrrole nitrogens is 2. The predicted octanol–water partition coefficient (Wildman–Crippen LogP) is 6.53. The molecule has 0 aliphatic carbocycles. The summed E-state index contributed by atoms with van der Waals surface area (Å²) in [5, 5.41) is 15.5. The highest BCUT2D eigenvalue weighted by Gasteiger charge is 2.35. The number of hydrogen-bond acceptors (Lipinski definition) is 8. The van der Waals surface area contributed by atoms with E-state index in [0.29, 0.717) is 6.54 Å². The van der Waals surface area contributed by atoms with Gasteiger partial charge in [0.2, 0.25) is 12.3 Å². The molecule has 4 heterocycles. The molecule has 2 fully saturated rings. The Balaban J connectivity index is 1.02. The number of likely N-dealkylation sites (tertiary alicyclic amines) is 2. The molecular formula is C39H45N7O5. The SMILES string of the molecule is COC(=O)NCC(=O)N1CCC[C@H]1c1ncc(-c2ccc3cc(-c4ccc(-c5cnc([C@@H]6CCCN6[C@H](O)OC(C)(C)C)[nH]5)cc4)ccc3c2)[nH]1. The highest BCUT2D eigenvalue weighted by Crippen LogP contribution is 2.35. The van der Waals surface area contributed by atoms with Crippen LogP contribution in [0, 0.1) is 0 Å². The molecule has 51 heavy (non-hydrogen) atoms. The van der Waals surface area contributed by atoms with E-state index in [1.54, 1.807) is 4.90 Å². The molecule has 0 bridgehead atoms. The quantitative estimate of drug-likeness (QED) is 0.128. The van der Waals surface area contributed by atoms with Gasteiger partial charge in [0.1, 0.15) is 18.2 Å². The van der Waals surface area contributed by atoms with Crippen LogP contribution in [0.2, 0.25) is 0 Å². The zero-order valence-electron chi connectivity index (χ0n) is 29.5. The van der Waals surface area contributed by atoms with Crippen LogP contribution in [-0.4, -0.2) is 85.6 Å². The second-order valence-electron chi connectivity index (χ2n) is 14.3. The number of hydrogen-bond donors (Lipinski definition) is 4. The van der Waals surface area contributed by atoms with Crippen LogP contribution in [0.5, 0.6) is 0 Å². The van der Waals surface area contributed by atoms with Gasteiger partial charge in [-0.25, -0.2) is 19.7 Å². The number of aromatic nitrogens is 4. The molecule has 266 valence electrons. The van der Waals surface area contributed by atoms with Gasteiger partial charge in [-0.1, -0.05) is 48.5 Å². The number of carbonyl (C=O) groups is 2. The van der Waals surface area contributed by atoms with Crippen LogP contribution in [0.3, 0.4) is 0 Å². The first-order chi connectivity index (χ1) is 24.6. The Bertz CT molecular complexity index is 2010. The summed E-state index contributed by atoms with van der Waals surface area (Å²) in [6.07, 6.45) is 5.63. The third kappa shape index (κ3) is 7.53. The molecule has 2 saturated heterocycles. The summed E-state index contributed by atoms with van der Waals surface area (Å²) in [6.45, 7) is 7.09. The summed E-state index contributed by atoms with van der Waals surface area (Å²) in [5.74, 6) is 1.41. The summed E-state index contributed by atoms with van der Waals surface area (Å²) in [4.78, 5) is 44.2. The lowest BCUT2D eigenvalue weighted by molar-refractivity contribution is -0.243. The molecule has 2 aliphatic heterocycles. The Morgan fingerprint density at radius 3 is 2.10 bits per heavy atom. The van der Waals surface area contributed by atoms with Crippen molar-refractivity contribution in [2.24, 2.45) is 0 Å². The summed E-state index contributed by atoms with van der Waals surface area (Å²) in [5.41, 5.74) is 5.67. The van der Waals surface area contributed by atoms with E-state index in [4.69, 9.17) is 9.72 Å². The van der Waals surface area contributed by atoms with Gasteiger partial charge in [-0.3, -0.25) is 4.79 Å². The monoisotopic (exact) mass is 691 g/mol. The van der Waals surface area contributed by atoms with E-state index in [1.807, 2.05) is 38.1 Å².